The smallest absolute Gasteiger partial charge is 0.141 e. The van der Waals surface area contributed by atoms with E-state index in [0.717, 1.165) is 33.9 Å². The molecule has 5 rings (SSSR count). The van der Waals surface area contributed by atoms with Gasteiger partial charge in [0.15, 0.2) is 0 Å². The first-order valence-electron chi connectivity index (χ1n) is 11.3. The topological polar surface area (TPSA) is 60.4 Å². The molecule has 0 fully saturated rings. The van der Waals surface area contributed by atoms with Crippen LogP contribution in [0.2, 0.25) is 10.3 Å². The zero-order valence-corrected chi connectivity index (χ0v) is 21.2. The summed E-state index contributed by atoms with van der Waals surface area (Å²) in [5.41, 5.74) is 6.23. The molecular formula is C28H22Cl2N6. The summed E-state index contributed by atoms with van der Waals surface area (Å²) >= 11 is 13.3. The summed E-state index contributed by atoms with van der Waals surface area (Å²) < 4.78 is 3.41. The number of hydrogen-bond acceptors (Lipinski definition) is 4. The van der Waals surface area contributed by atoms with Gasteiger partial charge in [-0.15, -0.1) is 0 Å². The molecule has 0 spiro atoms. The molecular weight excluding hydrogens is 491 g/mol. The van der Waals surface area contributed by atoms with Crippen LogP contribution >= 0.6 is 23.2 Å². The fraction of sp³-hybridized carbons (Fsp3) is 0.0714. The third-order valence-corrected chi connectivity index (χ3v) is 6.37. The number of nitrogens with zero attached hydrogens (tertiary/aromatic N) is 6. The van der Waals surface area contributed by atoms with E-state index >= 15 is 0 Å². The van der Waals surface area contributed by atoms with Crippen LogP contribution in [0.5, 0.6) is 0 Å². The van der Waals surface area contributed by atoms with Crippen molar-refractivity contribution in [3.05, 3.63) is 118 Å². The first-order chi connectivity index (χ1) is 17.5. The van der Waals surface area contributed by atoms with Crippen molar-refractivity contribution >= 4 is 47.0 Å². The molecule has 5 aromatic rings. The molecule has 0 aliphatic heterocycles. The first kappa shape index (κ1) is 23.7. The Morgan fingerprint density at radius 2 is 0.944 bits per heavy atom. The van der Waals surface area contributed by atoms with E-state index in [0.29, 0.717) is 21.7 Å². The first-order valence-corrected chi connectivity index (χ1v) is 12.1. The number of aliphatic imine (C=N–C) groups is 2. The monoisotopic (exact) mass is 512 g/mol. The van der Waals surface area contributed by atoms with Crippen LogP contribution in [0, 0.1) is 13.8 Å². The van der Waals surface area contributed by atoms with Crippen LogP contribution in [0.15, 0.2) is 94.9 Å². The quantitative estimate of drug-likeness (QED) is 0.221. The van der Waals surface area contributed by atoms with Gasteiger partial charge in [0.1, 0.15) is 10.3 Å². The average Bonchev–Trinajstić information content (AvgIpc) is 3.36. The molecule has 2 heterocycles. The minimum absolute atomic E-state index is 0.499. The molecule has 0 aliphatic rings. The van der Waals surface area contributed by atoms with Gasteiger partial charge < -0.3 is 0 Å². The maximum Gasteiger partial charge on any atom is 0.141 e. The van der Waals surface area contributed by atoms with Crippen LogP contribution in [0.1, 0.15) is 22.5 Å². The highest BCUT2D eigenvalue weighted by Gasteiger charge is 2.14. The molecule has 3 aromatic carbocycles. The van der Waals surface area contributed by atoms with Crippen molar-refractivity contribution in [2.45, 2.75) is 13.8 Å². The van der Waals surface area contributed by atoms with Gasteiger partial charge in [-0.3, -0.25) is 9.98 Å². The molecule has 0 unspecified atom stereocenters. The van der Waals surface area contributed by atoms with E-state index in [9.17, 15) is 0 Å². The van der Waals surface area contributed by atoms with E-state index in [2.05, 4.69) is 20.2 Å². The Hall–Kier alpha value is -4.00. The van der Waals surface area contributed by atoms with Gasteiger partial charge >= 0.3 is 0 Å². The zero-order chi connectivity index (χ0) is 25.1. The standard InChI is InChI=1S/C28H22Cl2N6/c1-19-23(27(29)35(33-19)21-11-5-3-6-12-21)17-31-25-15-9-10-16-26(25)32-18-24-20(2)34-36(28(24)30)22-13-7-4-8-14-22/h3-18H,1-2H3. The lowest BCUT2D eigenvalue weighted by molar-refractivity contribution is 0.863. The molecule has 6 nitrogen and oxygen atoms in total. The molecule has 0 saturated carbocycles. The minimum Gasteiger partial charge on any atom is -0.254 e. The van der Waals surface area contributed by atoms with Crippen LogP contribution in [-0.2, 0) is 0 Å². The van der Waals surface area contributed by atoms with E-state index < -0.39 is 0 Å². The van der Waals surface area contributed by atoms with Crippen molar-refractivity contribution in [3.8, 4) is 11.4 Å². The maximum absolute atomic E-state index is 6.65. The molecule has 0 N–H and O–H groups in total. The van der Waals surface area contributed by atoms with E-state index in [1.165, 1.54) is 0 Å². The average molecular weight is 513 g/mol. The Morgan fingerprint density at radius 1 is 0.583 bits per heavy atom. The number of halogens is 2. The number of benzene rings is 3. The highest BCUT2D eigenvalue weighted by Crippen LogP contribution is 2.30. The van der Waals surface area contributed by atoms with E-state index in [4.69, 9.17) is 23.2 Å². The van der Waals surface area contributed by atoms with Gasteiger partial charge in [-0.25, -0.2) is 9.36 Å². The summed E-state index contributed by atoms with van der Waals surface area (Å²) in [5.74, 6) is 0. The third kappa shape index (κ3) is 4.73. The van der Waals surface area contributed by atoms with Crippen molar-refractivity contribution < 1.29 is 0 Å². The SMILES string of the molecule is Cc1nn(-c2ccccc2)c(Cl)c1C=Nc1ccccc1N=Cc1c(C)nn(-c2ccccc2)c1Cl. The number of para-hydroxylation sites is 4. The summed E-state index contributed by atoms with van der Waals surface area (Å²) in [6, 6.07) is 27.1. The molecule has 0 aliphatic carbocycles. The lowest BCUT2D eigenvalue weighted by atomic mass is 10.2. The largest absolute Gasteiger partial charge is 0.254 e. The second-order valence-corrected chi connectivity index (χ2v) is 8.80. The second-order valence-electron chi connectivity index (χ2n) is 8.08. The number of aromatic nitrogens is 4. The summed E-state index contributed by atoms with van der Waals surface area (Å²) in [7, 11) is 0. The van der Waals surface area contributed by atoms with Crippen LogP contribution in [-0.4, -0.2) is 32.0 Å². The fourth-order valence-corrected chi connectivity index (χ4v) is 4.39. The molecule has 8 heteroatoms. The molecule has 2 aromatic heterocycles. The second kappa shape index (κ2) is 10.3. The molecule has 36 heavy (non-hydrogen) atoms. The van der Waals surface area contributed by atoms with Gasteiger partial charge in [0, 0.05) is 12.4 Å². The summed E-state index contributed by atoms with van der Waals surface area (Å²) in [6.45, 7) is 3.82. The Balaban J connectivity index is 1.45. The lowest BCUT2D eigenvalue weighted by Gasteiger charge is -2.02. The van der Waals surface area contributed by atoms with Crippen molar-refractivity contribution in [3.63, 3.8) is 0 Å². The molecule has 0 saturated heterocycles. The van der Waals surface area contributed by atoms with Gasteiger partial charge in [-0.2, -0.15) is 10.2 Å². The van der Waals surface area contributed by atoms with Crippen LogP contribution in [0.3, 0.4) is 0 Å². The maximum atomic E-state index is 6.65. The highest BCUT2D eigenvalue weighted by atomic mass is 35.5. The molecule has 0 amide bonds. The van der Waals surface area contributed by atoms with Crippen LogP contribution < -0.4 is 0 Å². The molecule has 0 radical (unpaired) electrons. The van der Waals surface area contributed by atoms with Crippen molar-refractivity contribution in [1.82, 2.24) is 19.6 Å². The fourth-order valence-electron chi connectivity index (χ4n) is 3.75. The molecule has 0 bridgehead atoms. The summed E-state index contributed by atoms with van der Waals surface area (Å²) in [4.78, 5) is 9.37. The van der Waals surface area contributed by atoms with Gasteiger partial charge in [0.05, 0.1) is 45.3 Å². The van der Waals surface area contributed by atoms with Gasteiger partial charge in [-0.05, 0) is 50.2 Å². The number of aryl methyl sites for hydroxylation is 2. The van der Waals surface area contributed by atoms with Gasteiger partial charge in [0.2, 0.25) is 0 Å². The summed E-state index contributed by atoms with van der Waals surface area (Å²) in [6.07, 6.45) is 3.45. The molecule has 178 valence electrons. The van der Waals surface area contributed by atoms with Crippen LogP contribution in [0.4, 0.5) is 11.4 Å². The van der Waals surface area contributed by atoms with E-state index in [1.807, 2.05) is 98.8 Å². The normalized spacial score (nSPS) is 11.7. The number of rotatable bonds is 6. The Bertz CT molecular complexity index is 1450. The molecule has 0 atom stereocenters. The third-order valence-electron chi connectivity index (χ3n) is 5.64. The lowest BCUT2D eigenvalue weighted by Crippen LogP contribution is -1.96. The Kier molecular flexibility index (Phi) is 6.80. The number of hydrogen-bond donors (Lipinski definition) is 0. The van der Waals surface area contributed by atoms with E-state index in [-0.39, 0.29) is 0 Å². The van der Waals surface area contributed by atoms with Crippen LogP contribution in [0.25, 0.3) is 11.4 Å². The Labute approximate surface area is 219 Å². The Morgan fingerprint density at radius 3 is 1.33 bits per heavy atom. The van der Waals surface area contributed by atoms with E-state index in [1.54, 1.807) is 21.8 Å². The van der Waals surface area contributed by atoms with Crippen molar-refractivity contribution in [2.24, 2.45) is 9.98 Å². The predicted octanol–water partition coefficient (Wildman–Crippen LogP) is 7.48. The van der Waals surface area contributed by atoms with Gasteiger partial charge in [0.25, 0.3) is 0 Å². The summed E-state index contributed by atoms with van der Waals surface area (Å²) in [5, 5.41) is 10.2. The zero-order valence-electron chi connectivity index (χ0n) is 19.7. The minimum atomic E-state index is 0.499. The van der Waals surface area contributed by atoms with Crippen molar-refractivity contribution in [1.29, 1.82) is 0 Å². The van der Waals surface area contributed by atoms with Crippen molar-refractivity contribution in [2.75, 3.05) is 0 Å². The predicted molar refractivity (Wildman–Crippen MR) is 148 cm³/mol. The highest BCUT2D eigenvalue weighted by molar-refractivity contribution is 6.33. The van der Waals surface area contributed by atoms with Gasteiger partial charge in [-0.1, -0.05) is 71.7 Å².